The molecule has 20 heavy (non-hydrogen) atoms. The Labute approximate surface area is 119 Å². The molecule has 0 saturated heterocycles. The normalized spacial score (nSPS) is 17.8. The zero-order chi connectivity index (χ0) is 14.7. The molecule has 0 unspecified atom stereocenters. The molecule has 2 rings (SSSR count). The maximum Gasteiger partial charge on any atom is 0.263 e. The molecule has 0 aromatic carbocycles. The largest absolute Gasteiger partial charge is 0.328 e. The Morgan fingerprint density at radius 1 is 1.35 bits per heavy atom. The summed E-state index contributed by atoms with van der Waals surface area (Å²) in [6.07, 6.45) is 6.03. The van der Waals surface area contributed by atoms with E-state index in [0.717, 1.165) is 18.5 Å². The third-order valence-corrected chi connectivity index (χ3v) is 3.85. The fourth-order valence-electron chi connectivity index (χ4n) is 2.73. The summed E-state index contributed by atoms with van der Waals surface area (Å²) < 4.78 is 1.64. The van der Waals surface area contributed by atoms with Crippen molar-refractivity contribution in [3.8, 4) is 0 Å². The highest BCUT2D eigenvalue weighted by atomic mass is 16.2. The second-order valence-electron chi connectivity index (χ2n) is 5.18. The highest BCUT2D eigenvalue weighted by Crippen LogP contribution is 2.17. The zero-order valence-electron chi connectivity index (χ0n) is 12.4. The second kappa shape index (κ2) is 6.07. The van der Waals surface area contributed by atoms with Gasteiger partial charge in [-0.2, -0.15) is 0 Å². The minimum absolute atomic E-state index is 0.128. The Morgan fingerprint density at radius 3 is 2.75 bits per heavy atom. The molecule has 2 heterocycles. The van der Waals surface area contributed by atoms with Crippen LogP contribution in [0, 0.1) is 6.92 Å². The van der Waals surface area contributed by atoms with Gasteiger partial charge < -0.3 is 9.47 Å². The summed E-state index contributed by atoms with van der Waals surface area (Å²) >= 11 is 0. The SMILES string of the molecule is CCC[C@@H]1C=CCN1C(=O)c1ccc(C)n(CC)c1=O. The average Bonchev–Trinajstić information content (AvgIpc) is 2.87. The Kier molecular flexibility index (Phi) is 4.42. The first-order valence-corrected chi connectivity index (χ1v) is 7.28. The molecule has 1 aromatic heterocycles. The van der Waals surface area contributed by atoms with Crippen LogP contribution >= 0.6 is 0 Å². The summed E-state index contributed by atoms with van der Waals surface area (Å²) in [7, 11) is 0. The van der Waals surface area contributed by atoms with Gasteiger partial charge in [-0.1, -0.05) is 25.5 Å². The van der Waals surface area contributed by atoms with Crippen molar-refractivity contribution in [2.45, 2.75) is 46.2 Å². The van der Waals surface area contributed by atoms with Crippen molar-refractivity contribution in [1.29, 1.82) is 0 Å². The monoisotopic (exact) mass is 274 g/mol. The molecule has 4 heteroatoms. The topological polar surface area (TPSA) is 42.3 Å². The van der Waals surface area contributed by atoms with E-state index in [1.165, 1.54) is 0 Å². The molecule has 4 nitrogen and oxygen atoms in total. The van der Waals surface area contributed by atoms with Crippen molar-refractivity contribution in [3.63, 3.8) is 0 Å². The molecule has 1 atom stereocenters. The van der Waals surface area contributed by atoms with E-state index >= 15 is 0 Å². The van der Waals surface area contributed by atoms with Gasteiger partial charge in [-0.15, -0.1) is 0 Å². The van der Waals surface area contributed by atoms with Gasteiger partial charge in [0.1, 0.15) is 5.56 Å². The smallest absolute Gasteiger partial charge is 0.263 e. The van der Waals surface area contributed by atoms with Crippen LogP contribution in [0.3, 0.4) is 0 Å². The Bertz CT molecular complexity index is 587. The lowest BCUT2D eigenvalue weighted by Crippen LogP contribution is -2.40. The predicted molar refractivity (Wildman–Crippen MR) is 80.0 cm³/mol. The second-order valence-corrected chi connectivity index (χ2v) is 5.18. The number of carbonyl (C=O) groups is 1. The summed E-state index contributed by atoms with van der Waals surface area (Å²) in [5, 5.41) is 0. The van der Waals surface area contributed by atoms with E-state index in [-0.39, 0.29) is 23.1 Å². The molecule has 1 aliphatic rings. The Balaban J connectivity index is 2.33. The third-order valence-electron chi connectivity index (χ3n) is 3.85. The van der Waals surface area contributed by atoms with E-state index < -0.39 is 0 Å². The first-order valence-electron chi connectivity index (χ1n) is 7.28. The molecule has 0 aliphatic carbocycles. The lowest BCUT2D eigenvalue weighted by Gasteiger charge is -2.24. The lowest BCUT2D eigenvalue weighted by molar-refractivity contribution is 0.0742. The lowest BCUT2D eigenvalue weighted by atomic mass is 10.1. The highest BCUT2D eigenvalue weighted by molar-refractivity contribution is 5.94. The van der Waals surface area contributed by atoms with Crippen LogP contribution in [0.4, 0.5) is 0 Å². The highest BCUT2D eigenvalue weighted by Gasteiger charge is 2.27. The van der Waals surface area contributed by atoms with E-state index in [4.69, 9.17) is 0 Å². The molecule has 0 saturated carbocycles. The van der Waals surface area contributed by atoms with Gasteiger partial charge in [0.15, 0.2) is 0 Å². The van der Waals surface area contributed by atoms with Gasteiger partial charge in [0.05, 0.1) is 6.04 Å². The van der Waals surface area contributed by atoms with Crippen LogP contribution in [-0.4, -0.2) is 28.0 Å². The van der Waals surface area contributed by atoms with Crippen LogP contribution in [0.25, 0.3) is 0 Å². The summed E-state index contributed by atoms with van der Waals surface area (Å²) in [5.74, 6) is -0.152. The summed E-state index contributed by atoms with van der Waals surface area (Å²) in [5.41, 5.74) is 0.987. The molecule has 1 amide bonds. The number of aryl methyl sites for hydroxylation is 1. The standard InChI is InChI=1S/C16H22N2O2/c1-4-7-13-8-6-11-18(13)16(20)14-10-9-12(3)17(5-2)15(14)19/h6,8-10,13H,4-5,7,11H2,1-3H3/t13-/m1/s1. The van der Waals surface area contributed by atoms with Crippen molar-refractivity contribution < 1.29 is 4.79 Å². The number of amides is 1. The van der Waals surface area contributed by atoms with Gasteiger partial charge in [0, 0.05) is 18.8 Å². The van der Waals surface area contributed by atoms with Crippen molar-refractivity contribution in [1.82, 2.24) is 9.47 Å². The molecule has 0 fully saturated rings. The van der Waals surface area contributed by atoms with Crippen molar-refractivity contribution >= 4 is 5.91 Å². The van der Waals surface area contributed by atoms with Gasteiger partial charge in [0.2, 0.25) is 0 Å². The number of pyridine rings is 1. The number of hydrogen-bond acceptors (Lipinski definition) is 2. The number of rotatable bonds is 4. The molecular weight excluding hydrogens is 252 g/mol. The van der Waals surface area contributed by atoms with E-state index in [9.17, 15) is 9.59 Å². The molecule has 0 radical (unpaired) electrons. The van der Waals surface area contributed by atoms with Crippen molar-refractivity contribution in [2.24, 2.45) is 0 Å². The first kappa shape index (κ1) is 14.6. The minimum atomic E-state index is -0.181. The van der Waals surface area contributed by atoms with E-state index in [1.807, 2.05) is 26.0 Å². The molecule has 1 aliphatic heterocycles. The van der Waals surface area contributed by atoms with Crippen molar-refractivity contribution in [2.75, 3.05) is 6.54 Å². The van der Waals surface area contributed by atoms with Crippen LogP contribution in [0.15, 0.2) is 29.1 Å². The maximum atomic E-state index is 12.6. The fourth-order valence-corrected chi connectivity index (χ4v) is 2.73. The fraction of sp³-hybridized carbons (Fsp3) is 0.500. The number of carbonyl (C=O) groups excluding carboxylic acids is 1. The molecule has 0 bridgehead atoms. The molecule has 0 N–H and O–H groups in total. The van der Waals surface area contributed by atoms with Crippen molar-refractivity contribution in [3.05, 3.63) is 45.9 Å². The van der Waals surface area contributed by atoms with Crippen LogP contribution < -0.4 is 5.56 Å². The average molecular weight is 274 g/mol. The van der Waals surface area contributed by atoms with E-state index in [1.54, 1.807) is 15.5 Å². The quantitative estimate of drug-likeness (QED) is 0.791. The molecule has 1 aromatic rings. The molecule has 0 spiro atoms. The first-order chi connectivity index (χ1) is 9.60. The molecular formula is C16H22N2O2. The van der Waals surface area contributed by atoms with Crippen LogP contribution in [0.5, 0.6) is 0 Å². The third kappa shape index (κ3) is 2.55. The Hall–Kier alpha value is -1.84. The Morgan fingerprint density at radius 2 is 2.10 bits per heavy atom. The molecule has 108 valence electrons. The van der Waals surface area contributed by atoms with Gasteiger partial charge >= 0.3 is 0 Å². The van der Waals surface area contributed by atoms with Crippen LogP contribution in [0.1, 0.15) is 42.7 Å². The zero-order valence-corrected chi connectivity index (χ0v) is 12.4. The minimum Gasteiger partial charge on any atom is -0.328 e. The number of nitrogens with zero attached hydrogens (tertiary/aromatic N) is 2. The van der Waals surface area contributed by atoms with Gasteiger partial charge in [-0.3, -0.25) is 9.59 Å². The maximum absolute atomic E-state index is 12.6. The summed E-state index contributed by atoms with van der Waals surface area (Å²) in [6.45, 7) is 7.09. The van der Waals surface area contributed by atoms with Crippen LogP contribution in [0.2, 0.25) is 0 Å². The predicted octanol–water partition coefficient (Wildman–Crippen LogP) is 2.36. The number of aromatic nitrogens is 1. The van der Waals surface area contributed by atoms with Gasteiger partial charge in [-0.25, -0.2) is 0 Å². The van der Waals surface area contributed by atoms with Gasteiger partial charge in [0.25, 0.3) is 11.5 Å². The van der Waals surface area contributed by atoms with Gasteiger partial charge in [-0.05, 0) is 32.4 Å². The van der Waals surface area contributed by atoms with E-state index in [2.05, 4.69) is 13.0 Å². The van der Waals surface area contributed by atoms with Crippen LogP contribution in [-0.2, 0) is 6.54 Å². The summed E-state index contributed by atoms with van der Waals surface area (Å²) in [6, 6.07) is 3.63. The number of hydrogen-bond donors (Lipinski definition) is 0. The summed E-state index contributed by atoms with van der Waals surface area (Å²) in [4.78, 5) is 26.8. The van der Waals surface area contributed by atoms with E-state index in [0.29, 0.717) is 13.1 Å².